The van der Waals surface area contributed by atoms with Crippen molar-refractivity contribution in [3.8, 4) is 17.2 Å². The van der Waals surface area contributed by atoms with Crippen molar-refractivity contribution in [3.63, 3.8) is 0 Å². The Kier molecular flexibility index (Phi) is 3.84. The summed E-state index contributed by atoms with van der Waals surface area (Å²) in [7, 11) is 0.148. The lowest BCUT2D eigenvalue weighted by Gasteiger charge is -2.16. The summed E-state index contributed by atoms with van der Waals surface area (Å²) in [5, 5.41) is 5.14. The molecule has 1 rings (SSSR count). The highest BCUT2D eigenvalue weighted by molar-refractivity contribution is 7.89. The lowest BCUT2D eigenvalue weighted by molar-refractivity contribution is 0.333. The van der Waals surface area contributed by atoms with E-state index >= 15 is 0 Å². The zero-order chi connectivity index (χ0) is 13.2. The van der Waals surface area contributed by atoms with E-state index in [1.807, 2.05) is 0 Å². The number of sulfonamides is 1. The molecular weight excluding hydrogens is 246 g/mol. The van der Waals surface area contributed by atoms with Crippen LogP contribution >= 0.6 is 0 Å². The van der Waals surface area contributed by atoms with Crippen molar-refractivity contribution in [1.82, 2.24) is 0 Å². The highest BCUT2D eigenvalue weighted by Crippen LogP contribution is 2.42. The number of methoxy groups -OCH3 is 3. The molecule has 96 valence electrons. The van der Waals surface area contributed by atoms with Crippen LogP contribution < -0.4 is 19.3 Å². The Morgan fingerprint density at radius 2 is 1.59 bits per heavy atom. The first-order valence-electron chi connectivity index (χ1n) is 4.69. The summed E-state index contributed by atoms with van der Waals surface area (Å²) >= 11 is 0. The van der Waals surface area contributed by atoms with Crippen LogP contribution in [0.2, 0.25) is 0 Å². The Morgan fingerprint density at radius 1 is 1.06 bits per heavy atom. The topological polar surface area (TPSA) is 87.8 Å². The summed E-state index contributed by atoms with van der Waals surface area (Å²) in [6, 6.07) is 1.53. The maximum Gasteiger partial charge on any atom is 0.245 e. The van der Waals surface area contributed by atoms with Crippen LogP contribution in [0.3, 0.4) is 0 Å². The molecule has 0 aliphatic carbocycles. The molecule has 0 radical (unpaired) electrons. The van der Waals surface area contributed by atoms with Crippen molar-refractivity contribution in [1.29, 1.82) is 0 Å². The molecule has 0 unspecified atom stereocenters. The van der Waals surface area contributed by atoms with Gasteiger partial charge in [0.1, 0.15) is 5.75 Å². The van der Waals surface area contributed by atoms with Crippen molar-refractivity contribution >= 4 is 10.0 Å². The average Bonchev–Trinajstić information content (AvgIpc) is 2.25. The smallest absolute Gasteiger partial charge is 0.245 e. The lowest BCUT2D eigenvalue weighted by atomic mass is 10.2. The Hall–Kier alpha value is -1.47. The van der Waals surface area contributed by atoms with Gasteiger partial charge in [-0.1, -0.05) is 0 Å². The van der Waals surface area contributed by atoms with E-state index in [0.29, 0.717) is 11.3 Å². The normalized spacial score (nSPS) is 11.1. The molecule has 6 nitrogen and oxygen atoms in total. The van der Waals surface area contributed by atoms with Gasteiger partial charge in [-0.05, 0) is 18.6 Å². The second kappa shape index (κ2) is 4.80. The van der Waals surface area contributed by atoms with Crippen molar-refractivity contribution in [2.45, 2.75) is 11.8 Å². The number of aryl methyl sites for hydroxylation is 1. The fourth-order valence-corrected chi connectivity index (χ4v) is 2.44. The van der Waals surface area contributed by atoms with Gasteiger partial charge in [0.25, 0.3) is 0 Å². The first-order chi connectivity index (χ1) is 7.86. The number of benzene rings is 1. The fourth-order valence-electron chi connectivity index (χ4n) is 1.58. The molecule has 0 aliphatic heterocycles. The summed E-state index contributed by atoms with van der Waals surface area (Å²) in [6.45, 7) is 1.75. The Balaban J connectivity index is 3.76. The second-order valence-corrected chi connectivity index (χ2v) is 4.83. The van der Waals surface area contributed by atoms with E-state index in [1.54, 1.807) is 6.92 Å². The van der Waals surface area contributed by atoms with Gasteiger partial charge in [-0.3, -0.25) is 0 Å². The number of primary sulfonamides is 1. The van der Waals surface area contributed by atoms with Crippen molar-refractivity contribution < 1.29 is 22.6 Å². The second-order valence-electron chi connectivity index (χ2n) is 3.34. The number of nitrogens with two attached hydrogens (primary N) is 1. The van der Waals surface area contributed by atoms with E-state index in [1.165, 1.54) is 27.4 Å². The minimum Gasteiger partial charge on any atom is -0.495 e. The molecule has 1 aromatic rings. The summed E-state index contributed by atoms with van der Waals surface area (Å²) in [5.41, 5.74) is 0.689. The predicted octanol–water partition coefficient (Wildman–Crippen LogP) is 0.668. The zero-order valence-electron chi connectivity index (χ0n) is 10.1. The molecule has 0 saturated heterocycles. The molecule has 17 heavy (non-hydrogen) atoms. The van der Waals surface area contributed by atoms with E-state index < -0.39 is 10.0 Å². The van der Waals surface area contributed by atoms with Crippen LogP contribution in [-0.2, 0) is 10.0 Å². The number of ether oxygens (including phenoxy) is 3. The lowest BCUT2D eigenvalue weighted by Crippen LogP contribution is -2.15. The van der Waals surface area contributed by atoms with Crippen molar-refractivity contribution in [3.05, 3.63) is 11.6 Å². The third-order valence-electron chi connectivity index (χ3n) is 2.25. The maximum atomic E-state index is 11.5. The molecule has 0 atom stereocenters. The molecule has 0 bridgehead atoms. The molecule has 0 heterocycles. The molecule has 2 N–H and O–H groups in total. The Bertz CT molecular complexity index is 524. The molecule has 1 aromatic carbocycles. The zero-order valence-corrected chi connectivity index (χ0v) is 10.9. The summed E-state index contributed by atoms with van der Waals surface area (Å²) in [6.07, 6.45) is 0. The molecular formula is C10H15NO5S. The monoisotopic (exact) mass is 261 g/mol. The van der Waals surface area contributed by atoms with Crippen LogP contribution in [0.15, 0.2) is 11.0 Å². The van der Waals surface area contributed by atoms with Gasteiger partial charge < -0.3 is 14.2 Å². The third kappa shape index (κ3) is 2.45. The summed E-state index contributed by atoms with van der Waals surface area (Å²) in [5.74, 6) is 0.492. The number of hydrogen-bond donors (Lipinski definition) is 1. The first kappa shape index (κ1) is 13.6. The standard InChI is InChI=1S/C10H15NO5S/c1-6-5-7(14-2)10(17(11,12)13)9(16-4)8(6)15-3/h5H,1-4H3,(H2,11,12,13). The Morgan fingerprint density at radius 3 is 1.94 bits per heavy atom. The number of rotatable bonds is 4. The van der Waals surface area contributed by atoms with E-state index in [2.05, 4.69) is 0 Å². The molecule has 0 saturated carbocycles. The highest BCUT2D eigenvalue weighted by Gasteiger charge is 2.26. The van der Waals surface area contributed by atoms with E-state index in [4.69, 9.17) is 19.3 Å². The fraction of sp³-hybridized carbons (Fsp3) is 0.400. The van der Waals surface area contributed by atoms with E-state index in [0.717, 1.165) is 0 Å². The highest BCUT2D eigenvalue weighted by atomic mass is 32.2. The van der Waals surface area contributed by atoms with E-state index in [9.17, 15) is 8.42 Å². The van der Waals surface area contributed by atoms with Gasteiger partial charge >= 0.3 is 0 Å². The van der Waals surface area contributed by atoms with Crippen molar-refractivity contribution in [2.24, 2.45) is 5.14 Å². The average molecular weight is 261 g/mol. The van der Waals surface area contributed by atoms with Crippen LogP contribution in [0.5, 0.6) is 17.2 Å². The third-order valence-corrected chi connectivity index (χ3v) is 3.21. The summed E-state index contributed by atoms with van der Waals surface area (Å²) in [4.78, 5) is -0.218. The van der Waals surface area contributed by atoms with Gasteiger partial charge in [0.05, 0.1) is 21.3 Å². The van der Waals surface area contributed by atoms with Gasteiger partial charge in [0.15, 0.2) is 16.4 Å². The van der Waals surface area contributed by atoms with Crippen LogP contribution in [-0.4, -0.2) is 29.7 Å². The molecule has 0 fully saturated rings. The summed E-state index contributed by atoms with van der Waals surface area (Å²) < 4.78 is 38.2. The van der Waals surface area contributed by atoms with Gasteiger partial charge in [0.2, 0.25) is 10.0 Å². The van der Waals surface area contributed by atoms with Crippen LogP contribution in [0.25, 0.3) is 0 Å². The van der Waals surface area contributed by atoms with Crippen LogP contribution in [0.4, 0.5) is 0 Å². The van der Waals surface area contributed by atoms with Gasteiger partial charge in [-0.15, -0.1) is 0 Å². The molecule has 0 aromatic heterocycles. The van der Waals surface area contributed by atoms with Gasteiger partial charge in [-0.2, -0.15) is 0 Å². The van der Waals surface area contributed by atoms with Crippen LogP contribution in [0.1, 0.15) is 5.56 Å². The quantitative estimate of drug-likeness (QED) is 0.860. The van der Waals surface area contributed by atoms with Crippen molar-refractivity contribution in [2.75, 3.05) is 21.3 Å². The predicted molar refractivity (Wildman–Crippen MR) is 62.2 cm³/mol. The number of hydrogen-bond acceptors (Lipinski definition) is 5. The van der Waals surface area contributed by atoms with E-state index in [-0.39, 0.29) is 16.4 Å². The minimum atomic E-state index is -3.97. The van der Waals surface area contributed by atoms with Crippen LogP contribution in [0, 0.1) is 6.92 Å². The van der Waals surface area contributed by atoms with Gasteiger partial charge in [0, 0.05) is 0 Å². The molecule has 0 spiro atoms. The van der Waals surface area contributed by atoms with Gasteiger partial charge in [-0.25, -0.2) is 13.6 Å². The maximum absolute atomic E-state index is 11.5. The molecule has 0 amide bonds. The SMILES string of the molecule is COc1cc(C)c(OC)c(OC)c1S(N)(=O)=O. The largest absolute Gasteiger partial charge is 0.495 e. The molecule has 7 heteroatoms. The molecule has 0 aliphatic rings. The first-order valence-corrected chi connectivity index (χ1v) is 6.23. The Labute approximate surface area is 100 Å². The minimum absolute atomic E-state index is 0.0480.